The maximum absolute atomic E-state index is 12.3. The Morgan fingerprint density at radius 1 is 1.43 bits per heavy atom. The third-order valence-electron chi connectivity index (χ3n) is 3.48. The van der Waals surface area contributed by atoms with E-state index in [0.717, 1.165) is 10.0 Å². The zero-order chi connectivity index (χ0) is 16.8. The Balaban J connectivity index is 2.06. The van der Waals surface area contributed by atoms with Crippen LogP contribution in [0.2, 0.25) is 0 Å². The number of piperazine rings is 1. The first-order valence-electron chi connectivity index (χ1n) is 7.28. The highest BCUT2D eigenvalue weighted by atomic mass is 79.9. The Morgan fingerprint density at radius 3 is 2.91 bits per heavy atom. The highest BCUT2D eigenvalue weighted by Crippen LogP contribution is 2.25. The van der Waals surface area contributed by atoms with Gasteiger partial charge in [-0.15, -0.1) is 0 Å². The van der Waals surface area contributed by atoms with Gasteiger partial charge in [0.2, 0.25) is 5.91 Å². The van der Waals surface area contributed by atoms with Crippen LogP contribution in [0.4, 0.5) is 4.79 Å². The van der Waals surface area contributed by atoms with Crippen LogP contribution < -0.4 is 10.6 Å². The third kappa shape index (κ3) is 4.69. The molecule has 0 radical (unpaired) electrons. The number of urea groups is 1. The van der Waals surface area contributed by atoms with Gasteiger partial charge in [-0.25, -0.2) is 4.79 Å². The molecule has 0 aliphatic carbocycles. The van der Waals surface area contributed by atoms with Crippen LogP contribution in [0.1, 0.15) is 24.4 Å². The van der Waals surface area contributed by atoms with Crippen molar-refractivity contribution in [3.8, 4) is 0 Å². The van der Waals surface area contributed by atoms with Gasteiger partial charge in [0.25, 0.3) is 0 Å². The second-order valence-corrected chi connectivity index (χ2v) is 6.09. The molecule has 0 saturated carbocycles. The summed E-state index contributed by atoms with van der Waals surface area (Å²) in [6.07, 6.45) is 0.346. The van der Waals surface area contributed by atoms with Crippen molar-refractivity contribution in [1.82, 2.24) is 15.5 Å². The number of carboxylic acid groups (broad SMARTS) is 1. The summed E-state index contributed by atoms with van der Waals surface area (Å²) in [5.41, 5.74) is 0.720. The summed E-state index contributed by atoms with van der Waals surface area (Å²) < 4.78 is 0.829. The van der Waals surface area contributed by atoms with Gasteiger partial charge in [-0.2, -0.15) is 0 Å². The Hall–Kier alpha value is -2.09. The highest BCUT2D eigenvalue weighted by Gasteiger charge is 2.34. The molecule has 2 rings (SSSR count). The Bertz CT molecular complexity index is 608. The van der Waals surface area contributed by atoms with Gasteiger partial charge >= 0.3 is 12.0 Å². The van der Waals surface area contributed by atoms with Gasteiger partial charge in [-0.1, -0.05) is 28.1 Å². The zero-order valence-electron chi connectivity index (χ0n) is 12.4. The Morgan fingerprint density at radius 2 is 2.22 bits per heavy atom. The fourth-order valence-electron chi connectivity index (χ4n) is 2.43. The molecule has 23 heavy (non-hydrogen) atoms. The topological polar surface area (TPSA) is 98.7 Å². The summed E-state index contributed by atoms with van der Waals surface area (Å²) in [6.45, 7) is 1.05. The molecule has 1 aromatic rings. The molecular weight excluding hydrogens is 366 g/mol. The zero-order valence-corrected chi connectivity index (χ0v) is 14.0. The summed E-state index contributed by atoms with van der Waals surface area (Å²) in [4.78, 5) is 36.5. The van der Waals surface area contributed by atoms with Crippen molar-refractivity contribution in [2.75, 3.05) is 19.6 Å². The minimum Gasteiger partial charge on any atom is -0.481 e. The summed E-state index contributed by atoms with van der Waals surface area (Å²) in [5, 5.41) is 14.0. The number of carbonyl (C=O) groups is 3. The van der Waals surface area contributed by atoms with Crippen LogP contribution in [0.15, 0.2) is 28.7 Å². The van der Waals surface area contributed by atoms with Crippen LogP contribution >= 0.6 is 15.9 Å². The van der Waals surface area contributed by atoms with E-state index in [2.05, 4.69) is 26.6 Å². The number of benzene rings is 1. The van der Waals surface area contributed by atoms with E-state index >= 15 is 0 Å². The van der Waals surface area contributed by atoms with E-state index in [0.29, 0.717) is 19.5 Å². The molecule has 1 aliphatic rings. The predicted octanol–water partition coefficient (Wildman–Crippen LogP) is 1.50. The Labute approximate surface area is 142 Å². The first-order chi connectivity index (χ1) is 11.0. The van der Waals surface area contributed by atoms with Gasteiger partial charge in [-0.3, -0.25) is 9.59 Å². The molecule has 8 heteroatoms. The Kier molecular flexibility index (Phi) is 5.97. The largest absolute Gasteiger partial charge is 0.481 e. The van der Waals surface area contributed by atoms with Gasteiger partial charge in [-0.05, 0) is 24.1 Å². The lowest BCUT2D eigenvalue weighted by Gasteiger charge is -2.35. The summed E-state index contributed by atoms with van der Waals surface area (Å²) in [5.74, 6) is -1.13. The lowest BCUT2D eigenvalue weighted by molar-refractivity contribution is -0.137. The maximum atomic E-state index is 12.3. The van der Waals surface area contributed by atoms with E-state index in [9.17, 15) is 14.4 Å². The quantitative estimate of drug-likeness (QED) is 0.670. The van der Waals surface area contributed by atoms with Crippen molar-refractivity contribution >= 4 is 33.8 Å². The van der Waals surface area contributed by atoms with Crippen molar-refractivity contribution in [1.29, 1.82) is 0 Å². The van der Waals surface area contributed by atoms with Crippen LogP contribution in [0.25, 0.3) is 0 Å². The van der Waals surface area contributed by atoms with Crippen LogP contribution in [0.5, 0.6) is 0 Å². The SMILES string of the molecule is O=C(O)CCCNC(=O)N1CCNC(=O)C1c1cccc(Br)c1. The van der Waals surface area contributed by atoms with Crippen molar-refractivity contribution in [2.45, 2.75) is 18.9 Å². The number of hydrogen-bond donors (Lipinski definition) is 3. The first kappa shape index (κ1) is 17.3. The maximum Gasteiger partial charge on any atom is 0.318 e. The van der Waals surface area contributed by atoms with Gasteiger partial charge in [0.1, 0.15) is 6.04 Å². The number of aliphatic carboxylic acids is 1. The van der Waals surface area contributed by atoms with Gasteiger partial charge in [0.05, 0.1) is 0 Å². The lowest BCUT2D eigenvalue weighted by Crippen LogP contribution is -2.54. The fraction of sp³-hybridized carbons (Fsp3) is 0.400. The molecule has 124 valence electrons. The molecule has 0 bridgehead atoms. The molecule has 1 fully saturated rings. The van der Waals surface area contributed by atoms with Gasteiger partial charge in [0, 0.05) is 30.5 Å². The summed E-state index contributed by atoms with van der Waals surface area (Å²) >= 11 is 3.36. The van der Waals surface area contributed by atoms with Crippen molar-refractivity contribution in [2.24, 2.45) is 0 Å². The molecule has 3 amide bonds. The number of amides is 3. The molecule has 1 aromatic carbocycles. The fourth-order valence-corrected chi connectivity index (χ4v) is 2.85. The molecule has 3 N–H and O–H groups in total. The second-order valence-electron chi connectivity index (χ2n) is 5.17. The molecule has 0 aromatic heterocycles. The molecular formula is C15H18BrN3O4. The molecule has 1 unspecified atom stereocenters. The van der Waals surface area contributed by atoms with E-state index in [4.69, 9.17) is 5.11 Å². The highest BCUT2D eigenvalue weighted by molar-refractivity contribution is 9.10. The lowest BCUT2D eigenvalue weighted by atomic mass is 10.0. The molecule has 1 heterocycles. The molecule has 1 atom stereocenters. The van der Waals surface area contributed by atoms with E-state index < -0.39 is 12.0 Å². The number of nitrogens with zero attached hydrogens (tertiary/aromatic N) is 1. The number of carboxylic acids is 1. The third-order valence-corrected chi connectivity index (χ3v) is 3.97. The first-order valence-corrected chi connectivity index (χ1v) is 8.08. The standard InChI is InChI=1S/C15H18BrN3O4/c16-11-4-1-3-10(9-11)13-14(22)17-7-8-19(13)15(23)18-6-2-5-12(20)21/h1,3-4,9,13H,2,5-8H2,(H,17,22)(H,18,23)(H,20,21). The number of carbonyl (C=O) groups excluding carboxylic acids is 2. The molecule has 1 aliphatic heterocycles. The van der Waals surface area contributed by atoms with Gasteiger partial charge < -0.3 is 20.6 Å². The van der Waals surface area contributed by atoms with E-state index in [1.54, 1.807) is 12.1 Å². The normalized spacial score (nSPS) is 17.5. The summed E-state index contributed by atoms with van der Waals surface area (Å²) in [7, 11) is 0. The average Bonchev–Trinajstić information content (AvgIpc) is 2.51. The number of halogens is 1. The van der Waals surface area contributed by atoms with E-state index in [1.807, 2.05) is 12.1 Å². The van der Waals surface area contributed by atoms with E-state index in [-0.39, 0.29) is 24.9 Å². The van der Waals surface area contributed by atoms with Crippen molar-refractivity contribution < 1.29 is 19.5 Å². The number of hydrogen-bond acceptors (Lipinski definition) is 3. The molecule has 1 saturated heterocycles. The van der Waals surface area contributed by atoms with Crippen LogP contribution in [-0.4, -0.2) is 47.5 Å². The smallest absolute Gasteiger partial charge is 0.318 e. The minimum absolute atomic E-state index is 0.00414. The van der Waals surface area contributed by atoms with Crippen molar-refractivity contribution in [3.05, 3.63) is 34.3 Å². The predicted molar refractivity (Wildman–Crippen MR) is 86.9 cm³/mol. The number of nitrogens with one attached hydrogen (secondary N) is 2. The monoisotopic (exact) mass is 383 g/mol. The van der Waals surface area contributed by atoms with Crippen LogP contribution in [0, 0.1) is 0 Å². The van der Waals surface area contributed by atoms with Crippen LogP contribution in [-0.2, 0) is 9.59 Å². The molecule has 7 nitrogen and oxygen atoms in total. The second kappa shape index (κ2) is 7.96. The van der Waals surface area contributed by atoms with Crippen molar-refractivity contribution in [3.63, 3.8) is 0 Å². The van der Waals surface area contributed by atoms with Gasteiger partial charge in [0.15, 0.2) is 0 Å². The minimum atomic E-state index is -0.899. The number of rotatable bonds is 5. The molecule has 0 spiro atoms. The van der Waals surface area contributed by atoms with Crippen LogP contribution in [0.3, 0.4) is 0 Å². The average molecular weight is 384 g/mol. The van der Waals surface area contributed by atoms with E-state index in [1.165, 1.54) is 4.90 Å². The summed E-state index contributed by atoms with van der Waals surface area (Å²) in [6, 6.07) is 6.20.